The number of guanidine groups is 1. The molecule has 0 radical (unpaired) electrons. The van der Waals surface area contributed by atoms with Crippen molar-refractivity contribution in [3.05, 3.63) is 46.5 Å². The van der Waals surface area contributed by atoms with E-state index in [1.54, 1.807) is 6.26 Å². The smallest absolute Gasteiger partial charge is 0.191 e. The monoisotopic (exact) mass is 557 g/mol. The minimum atomic E-state index is 0. The zero-order chi connectivity index (χ0) is 20.6. The zero-order valence-electron chi connectivity index (χ0n) is 18.5. The Labute approximate surface area is 207 Å². The van der Waals surface area contributed by atoms with Crippen LogP contribution in [0.15, 0.2) is 45.3 Å². The Morgan fingerprint density at radius 2 is 2.06 bits per heavy atom. The summed E-state index contributed by atoms with van der Waals surface area (Å²) in [6, 6.07) is 8.73. The molecule has 2 atom stereocenters. The molecule has 2 aliphatic rings. The summed E-state index contributed by atoms with van der Waals surface area (Å²) in [6.45, 7) is 7.51. The normalized spacial score (nSPS) is 21.6. The van der Waals surface area contributed by atoms with Gasteiger partial charge in [-0.1, -0.05) is 6.07 Å². The third kappa shape index (κ3) is 7.20. The molecule has 8 heteroatoms. The van der Waals surface area contributed by atoms with Gasteiger partial charge in [-0.25, -0.2) is 0 Å². The highest BCUT2D eigenvalue weighted by Crippen LogP contribution is 2.25. The Kier molecular flexibility index (Phi) is 10.1. The van der Waals surface area contributed by atoms with Crippen LogP contribution >= 0.6 is 35.3 Å². The first-order chi connectivity index (χ1) is 14.8. The van der Waals surface area contributed by atoms with Crippen molar-refractivity contribution < 1.29 is 4.42 Å². The molecule has 2 aromatic rings. The number of halogens is 1. The molecule has 2 aliphatic heterocycles. The second-order valence-corrected chi connectivity index (χ2v) is 9.46. The van der Waals surface area contributed by atoms with Crippen molar-refractivity contribution in [1.82, 2.24) is 20.4 Å². The molecular weight excluding hydrogens is 521 g/mol. The number of furan rings is 1. The quantitative estimate of drug-likeness (QED) is 0.290. The molecule has 0 spiro atoms. The Bertz CT molecular complexity index is 761. The van der Waals surface area contributed by atoms with E-state index in [0.29, 0.717) is 5.92 Å². The Hall–Kier alpha value is -1.10. The lowest BCUT2D eigenvalue weighted by molar-refractivity contribution is 0.169. The largest absolute Gasteiger partial charge is 0.468 e. The van der Waals surface area contributed by atoms with Crippen LogP contribution in [0.25, 0.3) is 0 Å². The molecule has 4 rings (SSSR count). The lowest BCUT2D eigenvalue weighted by Gasteiger charge is -2.33. The first-order valence-corrected chi connectivity index (χ1v) is 12.2. The van der Waals surface area contributed by atoms with E-state index in [0.717, 1.165) is 51.0 Å². The summed E-state index contributed by atoms with van der Waals surface area (Å²) in [5.74, 6) is 2.59. The standard InChI is InChI=1S/C23H35N5OS.HI/c1-24-23(26-16-21(22-9-5-13-29-22)28-11-2-3-12-28)25-15-19-7-4-10-27(17-19)18-20-8-6-14-30-20;/h5-6,8-9,13-14,19,21H,2-4,7,10-12,15-18H2,1H3,(H2,24,25,26);1H. The van der Waals surface area contributed by atoms with E-state index in [-0.39, 0.29) is 30.0 Å². The molecule has 2 aromatic heterocycles. The molecule has 31 heavy (non-hydrogen) atoms. The van der Waals surface area contributed by atoms with Crippen LogP contribution in [0.3, 0.4) is 0 Å². The maximum absolute atomic E-state index is 5.74. The number of piperidine rings is 1. The Morgan fingerprint density at radius 1 is 1.19 bits per heavy atom. The Balaban J connectivity index is 0.00000272. The van der Waals surface area contributed by atoms with Gasteiger partial charge in [0.1, 0.15) is 5.76 Å². The van der Waals surface area contributed by atoms with Gasteiger partial charge in [-0.15, -0.1) is 35.3 Å². The van der Waals surface area contributed by atoms with Gasteiger partial charge < -0.3 is 15.1 Å². The SMILES string of the molecule is CN=C(NCC1CCCN(Cc2cccs2)C1)NCC(c1ccco1)N1CCCC1.I. The molecule has 6 nitrogen and oxygen atoms in total. The fraction of sp³-hybridized carbons (Fsp3) is 0.609. The summed E-state index contributed by atoms with van der Waals surface area (Å²) in [5.41, 5.74) is 0. The van der Waals surface area contributed by atoms with Crippen LogP contribution in [-0.4, -0.2) is 62.1 Å². The number of likely N-dealkylation sites (tertiary alicyclic amines) is 2. The van der Waals surface area contributed by atoms with E-state index in [4.69, 9.17) is 4.42 Å². The number of hydrogen-bond donors (Lipinski definition) is 2. The second-order valence-electron chi connectivity index (χ2n) is 8.43. The van der Waals surface area contributed by atoms with E-state index in [1.165, 1.54) is 37.1 Å². The molecule has 2 fully saturated rings. The first kappa shape index (κ1) is 24.5. The predicted molar refractivity (Wildman–Crippen MR) is 139 cm³/mol. The first-order valence-electron chi connectivity index (χ1n) is 11.3. The molecule has 0 saturated carbocycles. The van der Waals surface area contributed by atoms with Crippen LogP contribution in [-0.2, 0) is 6.54 Å². The number of rotatable bonds is 8. The van der Waals surface area contributed by atoms with Crippen molar-refractivity contribution in [3.8, 4) is 0 Å². The van der Waals surface area contributed by atoms with E-state index in [1.807, 2.05) is 24.5 Å². The van der Waals surface area contributed by atoms with Gasteiger partial charge in [0.05, 0.1) is 12.3 Å². The molecule has 172 valence electrons. The highest BCUT2D eigenvalue weighted by atomic mass is 127. The van der Waals surface area contributed by atoms with Gasteiger partial charge in [-0.05, 0) is 74.8 Å². The average Bonchev–Trinajstić information content (AvgIpc) is 3.55. The maximum atomic E-state index is 5.74. The van der Waals surface area contributed by atoms with Crippen molar-refractivity contribution in [2.45, 2.75) is 38.3 Å². The molecule has 0 aromatic carbocycles. The third-order valence-corrected chi connectivity index (χ3v) is 7.12. The van der Waals surface area contributed by atoms with Crippen LogP contribution in [0.5, 0.6) is 0 Å². The maximum Gasteiger partial charge on any atom is 0.191 e. The molecule has 2 unspecified atom stereocenters. The van der Waals surface area contributed by atoms with E-state index < -0.39 is 0 Å². The van der Waals surface area contributed by atoms with Gasteiger partial charge in [0.2, 0.25) is 0 Å². The van der Waals surface area contributed by atoms with Crippen LogP contribution in [0.4, 0.5) is 0 Å². The van der Waals surface area contributed by atoms with Gasteiger partial charge in [-0.2, -0.15) is 0 Å². The van der Waals surface area contributed by atoms with Gasteiger partial charge in [0.15, 0.2) is 5.96 Å². The van der Waals surface area contributed by atoms with Crippen LogP contribution < -0.4 is 10.6 Å². The molecule has 0 bridgehead atoms. The van der Waals surface area contributed by atoms with Gasteiger partial charge >= 0.3 is 0 Å². The topological polar surface area (TPSA) is 56.0 Å². The number of nitrogens with one attached hydrogen (secondary N) is 2. The predicted octanol–water partition coefficient (Wildman–Crippen LogP) is 4.17. The van der Waals surface area contributed by atoms with Crippen molar-refractivity contribution in [1.29, 1.82) is 0 Å². The number of nitrogens with zero attached hydrogens (tertiary/aromatic N) is 3. The van der Waals surface area contributed by atoms with Gasteiger partial charge in [-0.3, -0.25) is 14.8 Å². The third-order valence-electron chi connectivity index (χ3n) is 6.26. The summed E-state index contributed by atoms with van der Waals surface area (Å²) < 4.78 is 5.74. The zero-order valence-corrected chi connectivity index (χ0v) is 21.6. The van der Waals surface area contributed by atoms with Crippen molar-refractivity contribution in [3.63, 3.8) is 0 Å². The van der Waals surface area contributed by atoms with E-state index >= 15 is 0 Å². The van der Waals surface area contributed by atoms with Crippen molar-refractivity contribution >= 4 is 41.3 Å². The van der Waals surface area contributed by atoms with E-state index in [2.05, 4.69) is 49.0 Å². The number of hydrogen-bond acceptors (Lipinski definition) is 5. The fourth-order valence-corrected chi connectivity index (χ4v) is 5.43. The minimum Gasteiger partial charge on any atom is -0.468 e. The highest BCUT2D eigenvalue weighted by molar-refractivity contribution is 14.0. The molecular formula is C23H36IN5OS. The second kappa shape index (κ2) is 12.8. The van der Waals surface area contributed by atoms with E-state index in [9.17, 15) is 0 Å². The van der Waals surface area contributed by atoms with Crippen LogP contribution in [0.2, 0.25) is 0 Å². The van der Waals surface area contributed by atoms with Crippen LogP contribution in [0.1, 0.15) is 42.4 Å². The molecule has 2 saturated heterocycles. The summed E-state index contributed by atoms with van der Waals surface area (Å²) in [7, 11) is 1.86. The molecule has 2 N–H and O–H groups in total. The van der Waals surface area contributed by atoms with Crippen molar-refractivity contribution in [2.24, 2.45) is 10.9 Å². The molecule has 0 aliphatic carbocycles. The molecule has 4 heterocycles. The summed E-state index contributed by atoms with van der Waals surface area (Å²) >= 11 is 1.86. The summed E-state index contributed by atoms with van der Waals surface area (Å²) in [5, 5.41) is 9.30. The minimum absolute atomic E-state index is 0. The summed E-state index contributed by atoms with van der Waals surface area (Å²) in [4.78, 5) is 11.0. The fourth-order valence-electron chi connectivity index (χ4n) is 4.68. The van der Waals surface area contributed by atoms with Crippen molar-refractivity contribution in [2.75, 3.05) is 46.3 Å². The Morgan fingerprint density at radius 3 is 2.77 bits per heavy atom. The number of aliphatic imine (C=N–C) groups is 1. The summed E-state index contributed by atoms with van der Waals surface area (Å²) in [6.07, 6.45) is 6.88. The number of thiophene rings is 1. The average molecular weight is 558 g/mol. The van der Waals surface area contributed by atoms with Gasteiger partial charge in [0, 0.05) is 38.1 Å². The van der Waals surface area contributed by atoms with Gasteiger partial charge in [0.25, 0.3) is 0 Å². The van der Waals surface area contributed by atoms with Crippen LogP contribution in [0, 0.1) is 5.92 Å². The molecule has 0 amide bonds. The lowest BCUT2D eigenvalue weighted by atomic mass is 9.98. The lowest BCUT2D eigenvalue weighted by Crippen LogP contribution is -2.46. The highest BCUT2D eigenvalue weighted by Gasteiger charge is 2.26.